The number of rotatable bonds is 1. The lowest BCUT2D eigenvalue weighted by Gasteiger charge is -2.05. The molecule has 0 saturated heterocycles. The standard InChI is InChI=1S/C14H14O.Al.3H/c1-10-7-11(2)9-13(8-10)12-3-5-14(15)6-4-12;;;;/h3-9,15H,1-2H3;;;;. The molecule has 1 nitrogen and oxygen atoms in total. The van der Waals surface area contributed by atoms with E-state index in [0.29, 0.717) is 5.75 Å². The zero-order valence-electron chi connectivity index (χ0n) is 8.99. The number of phenols is 1. The number of hydrogen-bond donors (Lipinski definition) is 1. The minimum absolute atomic E-state index is 0. The summed E-state index contributed by atoms with van der Waals surface area (Å²) in [6.45, 7) is 4.19. The second-order valence-corrected chi connectivity index (χ2v) is 3.92. The molecule has 2 heteroatoms. The summed E-state index contributed by atoms with van der Waals surface area (Å²) >= 11 is 0. The summed E-state index contributed by atoms with van der Waals surface area (Å²) in [7, 11) is 0. The Bertz CT molecular complexity index is 454. The quantitative estimate of drug-likeness (QED) is 0.743. The van der Waals surface area contributed by atoms with Crippen LogP contribution < -0.4 is 0 Å². The fraction of sp³-hybridized carbons (Fsp3) is 0.143. The largest absolute Gasteiger partial charge is 0.508 e. The van der Waals surface area contributed by atoms with Gasteiger partial charge in [0.1, 0.15) is 5.75 Å². The molecule has 0 bridgehead atoms. The molecule has 16 heavy (non-hydrogen) atoms. The number of aromatic hydroxyl groups is 1. The van der Waals surface area contributed by atoms with Gasteiger partial charge in [0.15, 0.2) is 17.4 Å². The van der Waals surface area contributed by atoms with Crippen molar-refractivity contribution >= 4 is 17.4 Å². The van der Waals surface area contributed by atoms with Gasteiger partial charge in [-0.15, -0.1) is 0 Å². The number of aryl methyl sites for hydroxylation is 2. The van der Waals surface area contributed by atoms with Gasteiger partial charge in [0.2, 0.25) is 0 Å². The maximum atomic E-state index is 9.21. The molecule has 0 aliphatic heterocycles. The van der Waals surface area contributed by atoms with Crippen molar-refractivity contribution in [2.75, 3.05) is 0 Å². The van der Waals surface area contributed by atoms with Crippen LogP contribution in [0.5, 0.6) is 5.75 Å². The maximum Gasteiger partial charge on any atom is 0.187 e. The van der Waals surface area contributed by atoms with Crippen molar-refractivity contribution in [3.8, 4) is 16.9 Å². The first-order valence-corrected chi connectivity index (χ1v) is 5.03. The summed E-state index contributed by atoms with van der Waals surface area (Å²) in [6, 6.07) is 13.8. The van der Waals surface area contributed by atoms with Crippen molar-refractivity contribution in [3.05, 3.63) is 53.6 Å². The molecule has 0 amide bonds. The summed E-state index contributed by atoms with van der Waals surface area (Å²) in [5.74, 6) is 0.308. The summed E-state index contributed by atoms with van der Waals surface area (Å²) in [6.07, 6.45) is 0. The minimum Gasteiger partial charge on any atom is -0.508 e. The molecule has 0 fully saturated rings. The molecular formula is C14H17AlO. The van der Waals surface area contributed by atoms with E-state index in [4.69, 9.17) is 0 Å². The van der Waals surface area contributed by atoms with Gasteiger partial charge in [-0.05, 0) is 37.1 Å². The van der Waals surface area contributed by atoms with Crippen LogP contribution in [-0.2, 0) is 0 Å². The van der Waals surface area contributed by atoms with Crippen molar-refractivity contribution < 1.29 is 5.11 Å². The van der Waals surface area contributed by atoms with Gasteiger partial charge in [0, 0.05) is 0 Å². The summed E-state index contributed by atoms with van der Waals surface area (Å²) in [5.41, 5.74) is 4.86. The second kappa shape index (κ2) is 5.21. The predicted molar refractivity (Wildman–Crippen MR) is 73.0 cm³/mol. The molecule has 2 aromatic carbocycles. The van der Waals surface area contributed by atoms with Crippen molar-refractivity contribution in [2.24, 2.45) is 0 Å². The highest BCUT2D eigenvalue weighted by Gasteiger charge is 1.99. The average molecular weight is 228 g/mol. The van der Waals surface area contributed by atoms with Crippen LogP contribution in [0.4, 0.5) is 0 Å². The summed E-state index contributed by atoms with van der Waals surface area (Å²) in [5, 5.41) is 9.21. The minimum atomic E-state index is 0. The van der Waals surface area contributed by atoms with Crippen molar-refractivity contribution in [1.82, 2.24) is 0 Å². The molecule has 0 aliphatic carbocycles. The molecule has 0 heterocycles. The lowest BCUT2D eigenvalue weighted by molar-refractivity contribution is 0.475. The Kier molecular flexibility index (Phi) is 4.18. The van der Waals surface area contributed by atoms with Gasteiger partial charge in [-0.1, -0.05) is 41.5 Å². The molecule has 1 N–H and O–H groups in total. The molecule has 0 unspecified atom stereocenters. The zero-order chi connectivity index (χ0) is 10.8. The third kappa shape index (κ3) is 2.88. The van der Waals surface area contributed by atoms with Gasteiger partial charge in [0.25, 0.3) is 0 Å². The van der Waals surface area contributed by atoms with Gasteiger partial charge >= 0.3 is 0 Å². The van der Waals surface area contributed by atoms with Crippen LogP contribution in [0, 0.1) is 13.8 Å². The Labute approximate surface area is 107 Å². The van der Waals surface area contributed by atoms with Crippen LogP contribution in [0.15, 0.2) is 42.5 Å². The molecule has 0 saturated carbocycles. The van der Waals surface area contributed by atoms with E-state index in [-0.39, 0.29) is 17.4 Å². The van der Waals surface area contributed by atoms with Crippen LogP contribution in [0.1, 0.15) is 11.1 Å². The molecule has 0 aromatic heterocycles. The van der Waals surface area contributed by atoms with Crippen LogP contribution in [0.2, 0.25) is 0 Å². The lowest BCUT2D eigenvalue weighted by atomic mass is 10.0. The number of hydrogen-bond acceptors (Lipinski definition) is 1. The molecule has 0 atom stereocenters. The molecule has 0 aliphatic rings. The van der Waals surface area contributed by atoms with E-state index in [1.807, 2.05) is 12.1 Å². The average Bonchev–Trinajstić information content (AvgIpc) is 2.17. The van der Waals surface area contributed by atoms with Gasteiger partial charge in [-0.2, -0.15) is 0 Å². The van der Waals surface area contributed by atoms with Crippen LogP contribution in [-0.4, -0.2) is 22.5 Å². The first-order valence-electron chi connectivity index (χ1n) is 5.03. The zero-order valence-corrected chi connectivity index (χ0v) is 8.99. The monoisotopic (exact) mass is 228 g/mol. The highest BCUT2D eigenvalue weighted by atomic mass is 27.0. The molecule has 0 spiro atoms. The Morgan fingerprint density at radius 1 is 0.750 bits per heavy atom. The Morgan fingerprint density at radius 2 is 1.25 bits per heavy atom. The van der Waals surface area contributed by atoms with Crippen molar-refractivity contribution in [2.45, 2.75) is 13.8 Å². The van der Waals surface area contributed by atoms with E-state index in [9.17, 15) is 5.11 Å². The van der Waals surface area contributed by atoms with Gasteiger partial charge in [-0.25, -0.2) is 0 Å². The fourth-order valence-electron chi connectivity index (χ4n) is 1.80. The molecule has 2 rings (SSSR count). The Hall–Kier alpha value is -1.23. The predicted octanol–water partition coefficient (Wildman–Crippen LogP) is 2.49. The van der Waals surface area contributed by atoms with Gasteiger partial charge < -0.3 is 5.11 Å². The highest BCUT2D eigenvalue weighted by molar-refractivity contribution is 5.75. The smallest absolute Gasteiger partial charge is 0.187 e. The van der Waals surface area contributed by atoms with Crippen LogP contribution in [0.3, 0.4) is 0 Å². The maximum absolute atomic E-state index is 9.21. The van der Waals surface area contributed by atoms with Gasteiger partial charge in [-0.3, -0.25) is 0 Å². The van der Waals surface area contributed by atoms with Crippen molar-refractivity contribution in [1.29, 1.82) is 0 Å². The van der Waals surface area contributed by atoms with Gasteiger partial charge in [0.05, 0.1) is 0 Å². The van der Waals surface area contributed by atoms with E-state index >= 15 is 0 Å². The molecule has 82 valence electrons. The molecule has 0 radical (unpaired) electrons. The Morgan fingerprint density at radius 3 is 1.75 bits per heavy atom. The normalized spacial score (nSPS) is 9.62. The van der Waals surface area contributed by atoms with E-state index in [1.54, 1.807) is 12.1 Å². The number of benzene rings is 2. The lowest BCUT2D eigenvalue weighted by Crippen LogP contribution is -1.82. The van der Waals surface area contributed by atoms with E-state index in [1.165, 1.54) is 16.7 Å². The molecular weight excluding hydrogens is 211 g/mol. The third-order valence-corrected chi connectivity index (χ3v) is 2.42. The first-order chi connectivity index (χ1) is 7.15. The SMILES string of the molecule is Cc1cc(C)cc(-c2ccc(O)cc2)c1.[AlH3]. The first kappa shape index (κ1) is 12.8. The summed E-state index contributed by atoms with van der Waals surface area (Å²) in [4.78, 5) is 0. The van der Waals surface area contributed by atoms with Crippen LogP contribution >= 0.6 is 0 Å². The third-order valence-electron chi connectivity index (χ3n) is 2.42. The second-order valence-electron chi connectivity index (χ2n) is 3.92. The fourth-order valence-corrected chi connectivity index (χ4v) is 1.80. The molecule has 2 aromatic rings. The van der Waals surface area contributed by atoms with Crippen molar-refractivity contribution in [3.63, 3.8) is 0 Å². The topological polar surface area (TPSA) is 20.2 Å². The number of phenolic OH excluding ortho intramolecular Hbond substituents is 1. The van der Waals surface area contributed by atoms with Crippen LogP contribution in [0.25, 0.3) is 11.1 Å². The summed E-state index contributed by atoms with van der Waals surface area (Å²) < 4.78 is 0. The van der Waals surface area contributed by atoms with E-state index < -0.39 is 0 Å². The van der Waals surface area contributed by atoms with E-state index in [2.05, 4.69) is 32.0 Å². The Balaban J connectivity index is 0.00000128. The van der Waals surface area contributed by atoms with E-state index in [0.717, 1.165) is 5.56 Å². The highest BCUT2D eigenvalue weighted by Crippen LogP contribution is 2.23.